The lowest BCUT2D eigenvalue weighted by molar-refractivity contribution is -0.125. The van der Waals surface area contributed by atoms with Gasteiger partial charge in [0, 0.05) is 25.7 Å². The van der Waals surface area contributed by atoms with Gasteiger partial charge < -0.3 is 9.80 Å². The maximum atomic E-state index is 12.6. The van der Waals surface area contributed by atoms with Crippen molar-refractivity contribution in [2.45, 2.75) is 99.3 Å². The van der Waals surface area contributed by atoms with E-state index in [1.54, 1.807) is 0 Å². The molecule has 0 N–H and O–H groups in total. The molecule has 0 atom stereocenters. The number of allylic oxidation sites excluding steroid dienone is 9. The van der Waals surface area contributed by atoms with Crippen molar-refractivity contribution in [1.82, 2.24) is 9.80 Å². The molecular formula is C31H52N2O. The molecule has 0 aliphatic carbocycles. The van der Waals surface area contributed by atoms with Gasteiger partial charge in [-0.05, 0) is 113 Å². The lowest BCUT2D eigenvalue weighted by Crippen LogP contribution is -2.33. The number of carbonyl (C=O) groups is 1. The third kappa shape index (κ3) is 15.1. The monoisotopic (exact) mass is 468 g/mol. The molecule has 1 aliphatic heterocycles. The minimum Gasteiger partial charge on any atom is -0.338 e. The minimum absolute atomic E-state index is 0.187. The Morgan fingerprint density at radius 1 is 0.618 bits per heavy atom. The summed E-state index contributed by atoms with van der Waals surface area (Å²) in [6.07, 6.45) is 21.3. The zero-order valence-electron chi connectivity index (χ0n) is 23.4. The van der Waals surface area contributed by atoms with E-state index in [4.69, 9.17) is 0 Å². The summed E-state index contributed by atoms with van der Waals surface area (Å²) in [7, 11) is 2.13. The number of hydrogen-bond donors (Lipinski definition) is 0. The molecule has 0 saturated carbocycles. The summed E-state index contributed by atoms with van der Waals surface area (Å²) in [4.78, 5) is 16.9. The Morgan fingerprint density at radius 3 is 1.59 bits per heavy atom. The zero-order valence-corrected chi connectivity index (χ0v) is 23.4. The highest BCUT2D eigenvalue weighted by Gasteiger charge is 2.15. The molecule has 1 saturated heterocycles. The van der Waals surface area contributed by atoms with Crippen molar-refractivity contribution in [2.75, 3.05) is 33.2 Å². The number of carbonyl (C=O) groups excluding carboxylic acids is 1. The average molecular weight is 469 g/mol. The predicted molar refractivity (Wildman–Crippen MR) is 150 cm³/mol. The van der Waals surface area contributed by atoms with Gasteiger partial charge in [0.05, 0.1) is 0 Å². The third-order valence-electron chi connectivity index (χ3n) is 6.59. The summed E-state index contributed by atoms with van der Waals surface area (Å²) in [6, 6.07) is 0. The van der Waals surface area contributed by atoms with Crippen LogP contribution < -0.4 is 0 Å². The van der Waals surface area contributed by atoms with Gasteiger partial charge in [-0.1, -0.05) is 52.2 Å². The summed E-state index contributed by atoms with van der Waals surface area (Å²) in [6.45, 7) is 17.0. The molecule has 0 spiro atoms. The minimum atomic E-state index is 0.187. The van der Waals surface area contributed by atoms with E-state index in [2.05, 4.69) is 77.8 Å². The zero-order chi connectivity index (χ0) is 25.3. The lowest BCUT2D eigenvalue weighted by Gasteiger charge is -2.19. The van der Waals surface area contributed by atoms with Crippen molar-refractivity contribution in [3.8, 4) is 0 Å². The van der Waals surface area contributed by atoms with Crippen LogP contribution in [0.15, 0.2) is 58.2 Å². The van der Waals surface area contributed by atoms with Gasteiger partial charge in [-0.15, -0.1) is 0 Å². The van der Waals surface area contributed by atoms with Gasteiger partial charge in [0.2, 0.25) is 5.91 Å². The fourth-order valence-corrected chi connectivity index (χ4v) is 4.17. The lowest BCUT2D eigenvalue weighted by atomic mass is 10.0. The molecule has 1 rings (SSSR count). The Morgan fingerprint density at radius 2 is 1.09 bits per heavy atom. The fourth-order valence-electron chi connectivity index (χ4n) is 4.17. The van der Waals surface area contributed by atoms with Crippen LogP contribution in [0.5, 0.6) is 0 Å². The van der Waals surface area contributed by atoms with Crippen LogP contribution >= 0.6 is 0 Å². The van der Waals surface area contributed by atoms with E-state index in [9.17, 15) is 4.79 Å². The summed E-state index contributed by atoms with van der Waals surface area (Å²) in [5.41, 5.74) is 7.06. The van der Waals surface area contributed by atoms with Gasteiger partial charge >= 0.3 is 0 Å². The van der Waals surface area contributed by atoms with E-state index in [1.807, 2.05) is 11.0 Å². The first-order valence-electron chi connectivity index (χ1n) is 13.4. The number of nitrogens with zero attached hydrogens (tertiary/aromatic N) is 2. The van der Waals surface area contributed by atoms with Crippen molar-refractivity contribution in [1.29, 1.82) is 0 Å². The van der Waals surface area contributed by atoms with Crippen molar-refractivity contribution < 1.29 is 4.79 Å². The molecule has 34 heavy (non-hydrogen) atoms. The Kier molecular flexibility index (Phi) is 15.6. The summed E-state index contributed by atoms with van der Waals surface area (Å²) >= 11 is 0. The molecule has 1 aliphatic rings. The molecule has 0 unspecified atom stereocenters. The molecule has 0 aromatic heterocycles. The number of hydrogen-bond acceptors (Lipinski definition) is 2. The average Bonchev–Trinajstić information content (AvgIpc) is 2.98. The van der Waals surface area contributed by atoms with Crippen LogP contribution in [0.4, 0.5) is 0 Å². The molecule has 1 amide bonds. The topological polar surface area (TPSA) is 23.6 Å². The van der Waals surface area contributed by atoms with E-state index in [0.717, 1.165) is 77.5 Å². The van der Waals surface area contributed by atoms with Crippen molar-refractivity contribution in [3.63, 3.8) is 0 Å². The maximum Gasteiger partial charge on any atom is 0.246 e. The first kappa shape index (κ1) is 30.2. The highest BCUT2D eigenvalue weighted by molar-refractivity contribution is 5.88. The molecule has 3 heteroatoms. The van der Waals surface area contributed by atoms with Crippen LogP contribution in [0.2, 0.25) is 0 Å². The van der Waals surface area contributed by atoms with Gasteiger partial charge in [0.1, 0.15) is 0 Å². The second kappa shape index (κ2) is 17.5. The quantitative estimate of drug-likeness (QED) is 0.202. The number of rotatable bonds is 13. The van der Waals surface area contributed by atoms with E-state index >= 15 is 0 Å². The number of amides is 1. The van der Waals surface area contributed by atoms with E-state index in [0.29, 0.717) is 0 Å². The molecule has 3 nitrogen and oxygen atoms in total. The normalized spacial score (nSPS) is 17.1. The van der Waals surface area contributed by atoms with Crippen molar-refractivity contribution in [2.24, 2.45) is 0 Å². The first-order chi connectivity index (χ1) is 16.2. The first-order valence-corrected chi connectivity index (χ1v) is 13.4. The highest BCUT2D eigenvalue weighted by Crippen LogP contribution is 2.15. The Labute approximate surface area is 211 Å². The molecule has 0 aromatic carbocycles. The maximum absolute atomic E-state index is 12.6. The van der Waals surface area contributed by atoms with Gasteiger partial charge in [-0.3, -0.25) is 4.79 Å². The molecule has 0 aromatic rings. The van der Waals surface area contributed by atoms with Gasteiger partial charge in [-0.25, -0.2) is 0 Å². The van der Waals surface area contributed by atoms with Crippen LogP contribution in [0.3, 0.4) is 0 Å². The molecular weight excluding hydrogens is 416 g/mol. The van der Waals surface area contributed by atoms with Gasteiger partial charge in [0.15, 0.2) is 0 Å². The van der Waals surface area contributed by atoms with Gasteiger partial charge in [0.25, 0.3) is 0 Å². The van der Waals surface area contributed by atoms with E-state index in [1.165, 1.54) is 34.3 Å². The smallest absolute Gasteiger partial charge is 0.246 e. The van der Waals surface area contributed by atoms with Crippen LogP contribution in [0.1, 0.15) is 99.3 Å². The molecule has 1 heterocycles. The summed E-state index contributed by atoms with van der Waals surface area (Å²) in [5, 5.41) is 0. The second-order valence-electron chi connectivity index (χ2n) is 10.6. The highest BCUT2D eigenvalue weighted by atomic mass is 16.2. The third-order valence-corrected chi connectivity index (χ3v) is 6.59. The van der Waals surface area contributed by atoms with Crippen LogP contribution in [-0.4, -0.2) is 48.9 Å². The van der Waals surface area contributed by atoms with Crippen molar-refractivity contribution >= 4 is 5.91 Å². The SMILES string of the molecule is CC(C)=CCCC(C)=CCCC(C)=CCCC(C)=CCCC(C)=CC(=O)N1CCCN(C)CC1. The Bertz CT molecular complexity index is 762. The molecule has 0 radical (unpaired) electrons. The molecule has 192 valence electrons. The molecule has 1 fully saturated rings. The summed E-state index contributed by atoms with van der Waals surface area (Å²) in [5.74, 6) is 0.187. The second-order valence-corrected chi connectivity index (χ2v) is 10.6. The molecule has 0 bridgehead atoms. The van der Waals surface area contributed by atoms with Crippen LogP contribution in [-0.2, 0) is 4.79 Å². The largest absolute Gasteiger partial charge is 0.338 e. The predicted octanol–water partition coefficient (Wildman–Crippen LogP) is 8.02. The standard InChI is InChI=1S/C31H52N2O/c1-26(2)13-8-14-27(3)15-9-16-28(4)17-10-18-29(5)19-11-20-30(6)25-31(34)33-22-12-21-32(7)23-24-33/h13,15,17,19,25H,8-12,14,16,18,20-24H2,1-7H3. The Balaban J connectivity index is 2.29. The van der Waals surface area contributed by atoms with Crippen LogP contribution in [0, 0.1) is 0 Å². The van der Waals surface area contributed by atoms with Gasteiger partial charge in [-0.2, -0.15) is 0 Å². The van der Waals surface area contributed by atoms with E-state index < -0.39 is 0 Å². The van der Waals surface area contributed by atoms with Crippen LogP contribution in [0.25, 0.3) is 0 Å². The number of likely N-dealkylation sites (N-methyl/N-ethyl adjacent to an activating group) is 1. The van der Waals surface area contributed by atoms with E-state index in [-0.39, 0.29) is 5.91 Å². The van der Waals surface area contributed by atoms with Crippen molar-refractivity contribution in [3.05, 3.63) is 58.2 Å². The summed E-state index contributed by atoms with van der Waals surface area (Å²) < 4.78 is 0. The fraction of sp³-hybridized carbons (Fsp3) is 0.645. The Hall–Kier alpha value is -1.87.